The zero-order valence-electron chi connectivity index (χ0n) is 15.1. The lowest BCUT2D eigenvalue weighted by atomic mass is 10.0. The van der Waals surface area contributed by atoms with Gasteiger partial charge in [0, 0.05) is 24.0 Å². The van der Waals surface area contributed by atoms with Gasteiger partial charge in [-0.3, -0.25) is 9.89 Å². The Kier molecular flexibility index (Phi) is 4.06. The molecule has 0 saturated heterocycles. The lowest BCUT2D eigenvalue weighted by molar-refractivity contribution is 0.102. The molecular formula is C21H15N7O. The van der Waals surface area contributed by atoms with E-state index in [-0.39, 0.29) is 5.91 Å². The van der Waals surface area contributed by atoms with Crippen LogP contribution in [0.25, 0.3) is 27.8 Å². The highest BCUT2D eigenvalue weighted by molar-refractivity contribution is 6.04. The normalized spacial score (nSPS) is 10.9. The van der Waals surface area contributed by atoms with E-state index in [0.717, 1.165) is 16.3 Å². The van der Waals surface area contributed by atoms with Gasteiger partial charge < -0.3 is 5.32 Å². The Balaban J connectivity index is 1.41. The lowest BCUT2D eigenvalue weighted by Gasteiger charge is -2.05. The van der Waals surface area contributed by atoms with Crippen molar-refractivity contribution in [3.05, 3.63) is 85.1 Å². The van der Waals surface area contributed by atoms with Crippen molar-refractivity contribution >= 4 is 22.5 Å². The van der Waals surface area contributed by atoms with Crippen molar-refractivity contribution in [2.24, 2.45) is 0 Å². The number of carbonyl (C=O) groups is 1. The molecule has 0 unspecified atom stereocenters. The third-order valence-corrected chi connectivity index (χ3v) is 4.52. The van der Waals surface area contributed by atoms with E-state index in [1.54, 1.807) is 35.3 Å². The summed E-state index contributed by atoms with van der Waals surface area (Å²) in [5, 5.41) is 16.2. The maximum atomic E-state index is 12.7. The van der Waals surface area contributed by atoms with Crippen LogP contribution in [0.4, 0.5) is 5.82 Å². The van der Waals surface area contributed by atoms with Gasteiger partial charge in [0.05, 0.1) is 5.69 Å². The number of aromatic amines is 1. The predicted molar refractivity (Wildman–Crippen MR) is 109 cm³/mol. The van der Waals surface area contributed by atoms with Gasteiger partial charge in [-0.25, -0.2) is 14.6 Å². The summed E-state index contributed by atoms with van der Waals surface area (Å²) in [6, 6.07) is 19.2. The van der Waals surface area contributed by atoms with Crippen LogP contribution in [-0.4, -0.2) is 35.9 Å². The monoisotopic (exact) mass is 381 g/mol. The van der Waals surface area contributed by atoms with E-state index in [1.807, 2.05) is 42.5 Å². The molecule has 0 fully saturated rings. The highest BCUT2D eigenvalue weighted by atomic mass is 16.2. The quantitative estimate of drug-likeness (QED) is 0.496. The second-order valence-electron chi connectivity index (χ2n) is 6.36. The van der Waals surface area contributed by atoms with Gasteiger partial charge in [0.1, 0.15) is 17.8 Å². The number of benzene rings is 2. The third kappa shape index (κ3) is 3.23. The number of rotatable bonds is 4. The molecule has 8 heteroatoms. The van der Waals surface area contributed by atoms with Crippen LogP contribution < -0.4 is 5.32 Å². The average molecular weight is 381 g/mol. The van der Waals surface area contributed by atoms with Crippen LogP contribution in [0.3, 0.4) is 0 Å². The fourth-order valence-electron chi connectivity index (χ4n) is 3.15. The number of nitrogens with one attached hydrogen (secondary N) is 2. The van der Waals surface area contributed by atoms with Gasteiger partial charge in [-0.05, 0) is 22.9 Å². The number of hydrogen-bond acceptors (Lipinski definition) is 5. The summed E-state index contributed by atoms with van der Waals surface area (Å²) >= 11 is 0. The maximum Gasteiger partial charge on any atom is 0.274 e. The molecule has 5 aromatic rings. The Morgan fingerprint density at radius 1 is 1.00 bits per heavy atom. The summed E-state index contributed by atoms with van der Waals surface area (Å²) < 4.78 is 1.59. The second kappa shape index (κ2) is 7.01. The topological polar surface area (TPSA) is 101 Å². The summed E-state index contributed by atoms with van der Waals surface area (Å²) in [7, 11) is 0. The van der Waals surface area contributed by atoms with Gasteiger partial charge in [0.15, 0.2) is 5.82 Å². The molecule has 2 N–H and O–H groups in total. The van der Waals surface area contributed by atoms with Crippen LogP contribution in [0.1, 0.15) is 10.5 Å². The fraction of sp³-hybridized carbons (Fsp3) is 0. The van der Waals surface area contributed by atoms with Crippen molar-refractivity contribution < 1.29 is 4.79 Å². The van der Waals surface area contributed by atoms with Crippen molar-refractivity contribution in [3.8, 4) is 17.1 Å². The maximum absolute atomic E-state index is 12.7. The van der Waals surface area contributed by atoms with Crippen molar-refractivity contribution in [3.63, 3.8) is 0 Å². The van der Waals surface area contributed by atoms with Gasteiger partial charge in [-0.1, -0.05) is 42.5 Å². The first kappa shape index (κ1) is 16.8. The molecule has 0 saturated carbocycles. The molecule has 29 heavy (non-hydrogen) atoms. The van der Waals surface area contributed by atoms with Crippen LogP contribution >= 0.6 is 0 Å². The van der Waals surface area contributed by atoms with E-state index < -0.39 is 0 Å². The van der Waals surface area contributed by atoms with E-state index in [2.05, 4.69) is 30.6 Å². The molecule has 0 aliphatic rings. The number of H-pyrrole nitrogens is 1. The second-order valence-corrected chi connectivity index (χ2v) is 6.36. The largest absolute Gasteiger partial charge is 0.305 e. The van der Waals surface area contributed by atoms with Gasteiger partial charge in [0.25, 0.3) is 5.91 Å². The summed E-state index contributed by atoms with van der Waals surface area (Å²) in [4.78, 5) is 20.9. The first-order chi connectivity index (χ1) is 14.3. The summed E-state index contributed by atoms with van der Waals surface area (Å²) in [6.07, 6.45) is 4.79. The number of amides is 1. The zero-order chi connectivity index (χ0) is 19.6. The van der Waals surface area contributed by atoms with E-state index in [4.69, 9.17) is 0 Å². The Hall–Kier alpha value is -4.33. The van der Waals surface area contributed by atoms with Crippen molar-refractivity contribution in [1.82, 2.24) is 29.9 Å². The number of hydrogen-bond donors (Lipinski definition) is 2. The molecule has 0 atom stereocenters. The van der Waals surface area contributed by atoms with Crippen LogP contribution in [0.2, 0.25) is 0 Å². The number of fused-ring (bicyclic) bond motifs is 1. The first-order valence-electron chi connectivity index (χ1n) is 8.95. The molecule has 5 rings (SSSR count). The highest BCUT2D eigenvalue weighted by Gasteiger charge is 2.14. The van der Waals surface area contributed by atoms with Crippen molar-refractivity contribution in [2.45, 2.75) is 0 Å². The van der Waals surface area contributed by atoms with E-state index in [0.29, 0.717) is 23.0 Å². The molecule has 0 aliphatic carbocycles. The van der Waals surface area contributed by atoms with E-state index in [9.17, 15) is 4.79 Å². The van der Waals surface area contributed by atoms with E-state index >= 15 is 0 Å². The van der Waals surface area contributed by atoms with Crippen LogP contribution in [0, 0.1) is 0 Å². The van der Waals surface area contributed by atoms with Gasteiger partial charge in [0.2, 0.25) is 0 Å². The summed E-state index contributed by atoms with van der Waals surface area (Å²) in [5.74, 6) is 0.590. The Morgan fingerprint density at radius 3 is 2.79 bits per heavy atom. The van der Waals surface area contributed by atoms with Gasteiger partial charge in [-0.15, -0.1) is 0 Å². The standard InChI is InChI=1S/C21H15N7O/c29-21(25-19-12-20(23-13-22-19)28-10-4-9-24-28)18-11-17(26-27-18)16-8-3-6-14-5-1-2-7-15(14)16/h1-13H,(H,26,27)(H,22,23,25,29). The molecule has 8 nitrogen and oxygen atoms in total. The highest BCUT2D eigenvalue weighted by Crippen LogP contribution is 2.27. The molecule has 0 bridgehead atoms. The molecule has 1 amide bonds. The Morgan fingerprint density at radius 2 is 1.90 bits per heavy atom. The van der Waals surface area contributed by atoms with Gasteiger partial charge >= 0.3 is 0 Å². The number of carbonyl (C=O) groups excluding carboxylic acids is 1. The van der Waals surface area contributed by atoms with E-state index in [1.165, 1.54) is 6.33 Å². The molecule has 2 aromatic carbocycles. The zero-order valence-corrected chi connectivity index (χ0v) is 15.1. The van der Waals surface area contributed by atoms with Crippen molar-refractivity contribution in [2.75, 3.05) is 5.32 Å². The van der Waals surface area contributed by atoms with Crippen LogP contribution in [-0.2, 0) is 0 Å². The Bertz CT molecular complexity index is 1300. The summed E-state index contributed by atoms with van der Waals surface area (Å²) in [5.41, 5.74) is 2.00. The fourth-order valence-corrected chi connectivity index (χ4v) is 3.15. The molecule has 3 heterocycles. The smallest absolute Gasteiger partial charge is 0.274 e. The van der Waals surface area contributed by atoms with Crippen molar-refractivity contribution in [1.29, 1.82) is 0 Å². The minimum Gasteiger partial charge on any atom is -0.305 e. The predicted octanol–water partition coefficient (Wildman–Crippen LogP) is 3.46. The molecule has 140 valence electrons. The molecule has 0 spiro atoms. The SMILES string of the molecule is O=C(Nc1cc(-n2cccn2)ncn1)c1cc(-c2cccc3ccccc23)n[nH]1. The molecular weight excluding hydrogens is 366 g/mol. The third-order valence-electron chi connectivity index (χ3n) is 4.52. The number of anilines is 1. The van der Waals surface area contributed by atoms with Gasteiger partial charge in [-0.2, -0.15) is 10.2 Å². The Labute approximate surface area is 165 Å². The van der Waals surface area contributed by atoms with Crippen LogP contribution in [0.5, 0.6) is 0 Å². The number of aromatic nitrogens is 6. The minimum absolute atomic E-state index is 0.339. The first-order valence-corrected chi connectivity index (χ1v) is 8.95. The van der Waals surface area contributed by atoms with Crippen LogP contribution in [0.15, 0.2) is 79.4 Å². The molecule has 0 radical (unpaired) electrons. The lowest BCUT2D eigenvalue weighted by Crippen LogP contribution is -2.14. The molecule has 3 aromatic heterocycles. The number of nitrogens with zero attached hydrogens (tertiary/aromatic N) is 5. The average Bonchev–Trinajstić information content (AvgIpc) is 3.46. The molecule has 0 aliphatic heterocycles. The summed E-state index contributed by atoms with van der Waals surface area (Å²) in [6.45, 7) is 0. The minimum atomic E-state index is -0.339.